The zero-order valence-electron chi connectivity index (χ0n) is 15.8. The van der Waals surface area contributed by atoms with Gasteiger partial charge in [0.1, 0.15) is 0 Å². The number of nitrogens with one attached hydrogen (secondary N) is 1. The maximum Gasteiger partial charge on any atom is 0.229 e. The first-order valence-corrected chi connectivity index (χ1v) is 10.7. The number of halogens is 1. The van der Waals surface area contributed by atoms with E-state index in [9.17, 15) is 9.59 Å². The van der Waals surface area contributed by atoms with Gasteiger partial charge in [0.05, 0.1) is 22.3 Å². The van der Waals surface area contributed by atoms with Crippen molar-refractivity contribution in [1.29, 1.82) is 0 Å². The van der Waals surface area contributed by atoms with Crippen LogP contribution < -0.4 is 10.2 Å². The minimum Gasteiger partial charge on any atom is -0.326 e. The van der Waals surface area contributed by atoms with Crippen molar-refractivity contribution in [1.82, 2.24) is 9.38 Å². The third kappa shape index (κ3) is 3.46. The Hall–Kier alpha value is -3.16. The van der Waals surface area contributed by atoms with Crippen molar-refractivity contribution >= 4 is 51.1 Å². The first-order valence-electron chi connectivity index (χ1n) is 9.47. The van der Waals surface area contributed by atoms with Crippen LogP contribution in [0.1, 0.15) is 6.42 Å². The number of aromatic nitrogens is 2. The molecular formula is C22H17ClN4O2S. The van der Waals surface area contributed by atoms with Crippen LogP contribution in [0.5, 0.6) is 0 Å². The molecule has 2 aromatic heterocycles. The maximum absolute atomic E-state index is 12.7. The molecule has 2 aromatic carbocycles. The van der Waals surface area contributed by atoms with Crippen LogP contribution in [-0.4, -0.2) is 27.7 Å². The highest BCUT2D eigenvalue weighted by atomic mass is 35.5. The number of rotatable bonds is 4. The molecule has 1 aliphatic rings. The van der Waals surface area contributed by atoms with Gasteiger partial charge < -0.3 is 10.2 Å². The van der Waals surface area contributed by atoms with Gasteiger partial charge >= 0.3 is 0 Å². The summed E-state index contributed by atoms with van der Waals surface area (Å²) in [7, 11) is 0. The molecule has 0 saturated carbocycles. The lowest BCUT2D eigenvalue weighted by Gasteiger charge is -2.18. The third-order valence-corrected chi connectivity index (χ3v) is 6.27. The van der Waals surface area contributed by atoms with Gasteiger partial charge in [0.15, 0.2) is 4.96 Å². The van der Waals surface area contributed by atoms with E-state index < -0.39 is 5.92 Å². The molecular weight excluding hydrogens is 420 g/mol. The Morgan fingerprint density at radius 1 is 1.17 bits per heavy atom. The van der Waals surface area contributed by atoms with Gasteiger partial charge in [-0.05, 0) is 24.3 Å². The molecule has 30 heavy (non-hydrogen) atoms. The molecule has 1 N–H and O–H groups in total. The van der Waals surface area contributed by atoms with E-state index in [1.165, 1.54) is 0 Å². The Labute approximate surface area is 181 Å². The van der Waals surface area contributed by atoms with E-state index in [1.54, 1.807) is 28.4 Å². The van der Waals surface area contributed by atoms with Crippen molar-refractivity contribution in [2.45, 2.75) is 6.42 Å². The van der Waals surface area contributed by atoms with Crippen LogP contribution in [0, 0.1) is 5.92 Å². The molecule has 3 heterocycles. The lowest BCUT2D eigenvalue weighted by molar-refractivity contribution is -0.122. The standard InChI is InChI=1S/C22H17ClN4O2S/c23-17-3-1-2-4-19(17)27-12-15(11-20(27)28)21(29)24-16-7-5-14(6-8-16)18-13-26-9-10-30-22(26)25-18/h1-10,13,15H,11-12H2,(H,24,29)/t15-/m1/s1. The Kier molecular flexibility index (Phi) is 4.77. The molecule has 0 radical (unpaired) electrons. The summed E-state index contributed by atoms with van der Waals surface area (Å²) in [4.78, 5) is 32.3. The van der Waals surface area contributed by atoms with Gasteiger partial charge in [-0.25, -0.2) is 4.98 Å². The van der Waals surface area contributed by atoms with Crippen molar-refractivity contribution in [3.8, 4) is 11.3 Å². The first-order chi connectivity index (χ1) is 14.6. The van der Waals surface area contributed by atoms with Gasteiger partial charge in [-0.15, -0.1) is 11.3 Å². The molecule has 0 aliphatic carbocycles. The van der Waals surface area contributed by atoms with Crippen molar-refractivity contribution < 1.29 is 9.59 Å². The molecule has 1 saturated heterocycles. The van der Waals surface area contributed by atoms with Crippen LogP contribution >= 0.6 is 22.9 Å². The lowest BCUT2D eigenvalue weighted by atomic mass is 10.1. The predicted molar refractivity (Wildman–Crippen MR) is 119 cm³/mol. The second-order valence-corrected chi connectivity index (χ2v) is 8.42. The summed E-state index contributed by atoms with van der Waals surface area (Å²) >= 11 is 7.79. The summed E-state index contributed by atoms with van der Waals surface area (Å²) in [6.45, 7) is 0.317. The molecule has 1 atom stereocenters. The summed E-state index contributed by atoms with van der Waals surface area (Å²) in [6, 6.07) is 14.7. The summed E-state index contributed by atoms with van der Waals surface area (Å²) in [6.07, 6.45) is 4.12. The minimum absolute atomic E-state index is 0.0988. The zero-order chi connectivity index (χ0) is 20.7. The number of nitrogens with zero attached hydrogens (tertiary/aromatic N) is 3. The van der Waals surface area contributed by atoms with Crippen LogP contribution in [0.3, 0.4) is 0 Å². The molecule has 6 nitrogen and oxygen atoms in total. The van der Waals surface area contributed by atoms with Crippen LogP contribution in [0.4, 0.5) is 11.4 Å². The van der Waals surface area contributed by atoms with Gasteiger partial charge in [0, 0.05) is 42.0 Å². The summed E-state index contributed by atoms with van der Waals surface area (Å²) < 4.78 is 1.98. The molecule has 2 amide bonds. The number of benzene rings is 2. The van der Waals surface area contributed by atoms with Crippen molar-refractivity contribution in [3.63, 3.8) is 0 Å². The smallest absolute Gasteiger partial charge is 0.229 e. The van der Waals surface area contributed by atoms with Crippen LogP contribution in [0.25, 0.3) is 16.2 Å². The number of fused-ring (bicyclic) bond motifs is 1. The van der Waals surface area contributed by atoms with Crippen LogP contribution in [0.2, 0.25) is 5.02 Å². The highest BCUT2D eigenvalue weighted by molar-refractivity contribution is 7.15. The minimum atomic E-state index is -0.423. The van der Waals surface area contributed by atoms with E-state index >= 15 is 0 Å². The van der Waals surface area contributed by atoms with E-state index in [0.29, 0.717) is 22.9 Å². The first kappa shape index (κ1) is 18.8. The van der Waals surface area contributed by atoms with Gasteiger partial charge in [-0.2, -0.15) is 0 Å². The van der Waals surface area contributed by atoms with Gasteiger partial charge in [0.25, 0.3) is 0 Å². The van der Waals surface area contributed by atoms with Gasteiger partial charge in [-0.1, -0.05) is 35.9 Å². The number of amides is 2. The highest BCUT2D eigenvalue weighted by Crippen LogP contribution is 2.31. The van der Waals surface area contributed by atoms with Crippen molar-refractivity contribution in [2.24, 2.45) is 5.92 Å². The van der Waals surface area contributed by atoms with E-state index in [-0.39, 0.29) is 18.2 Å². The zero-order valence-corrected chi connectivity index (χ0v) is 17.4. The molecule has 4 aromatic rings. The molecule has 0 spiro atoms. The number of carbonyl (C=O) groups excluding carboxylic acids is 2. The quantitative estimate of drug-likeness (QED) is 0.504. The fraction of sp³-hybridized carbons (Fsp3) is 0.136. The monoisotopic (exact) mass is 436 g/mol. The Bertz CT molecular complexity index is 1220. The predicted octanol–water partition coefficient (Wildman–Crippen LogP) is 4.71. The number of hydrogen-bond acceptors (Lipinski definition) is 4. The lowest BCUT2D eigenvalue weighted by Crippen LogP contribution is -2.28. The topological polar surface area (TPSA) is 66.7 Å². The average Bonchev–Trinajstić information content (AvgIpc) is 3.44. The van der Waals surface area contributed by atoms with Gasteiger partial charge in [-0.3, -0.25) is 14.0 Å². The molecule has 8 heteroatoms. The Morgan fingerprint density at radius 2 is 1.97 bits per heavy atom. The fourth-order valence-corrected chi connectivity index (χ4v) is 4.56. The average molecular weight is 437 g/mol. The Morgan fingerprint density at radius 3 is 2.73 bits per heavy atom. The number of para-hydroxylation sites is 1. The molecule has 1 aliphatic heterocycles. The van der Waals surface area contributed by atoms with E-state index in [0.717, 1.165) is 16.2 Å². The molecule has 150 valence electrons. The van der Waals surface area contributed by atoms with Crippen molar-refractivity contribution in [3.05, 3.63) is 71.3 Å². The van der Waals surface area contributed by atoms with E-state index in [1.807, 2.05) is 58.6 Å². The fourth-order valence-electron chi connectivity index (χ4n) is 3.62. The number of hydrogen-bond donors (Lipinski definition) is 1. The number of imidazole rings is 1. The third-order valence-electron chi connectivity index (χ3n) is 5.18. The molecule has 1 fully saturated rings. The summed E-state index contributed by atoms with van der Waals surface area (Å²) in [5.41, 5.74) is 3.19. The van der Waals surface area contributed by atoms with Crippen LogP contribution in [-0.2, 0) is 9.59 Å². The molecule has 0 bridgehead atoms. The van der Waals surface area contributed by atoms with Crippen LogP contribution in [0.15, 0.2) is 66.3 Å². The maximum atomic E-state index is 12.7. The second kappa shape index (κ2) is 7.59. The summed E-state index contributed by atoms with van der Waals surface area (Å²) in [5, 5.41) is 5.41. The number of carbonyl (C=O) groups is 2. The number of thiazole rings is 1. The Balaban J connectivity index is 1.27. The normalized spacial score (nSPS) is 16.4. The second-order valence-electron chi connectivity index (χ2n) is 7.14. The van der Waals surface area contributed by atoms with Gasteiger partial charge in [0.2, 0.25) is 11.8 Å². The van der Waals surface area contributed by atoms with Crippen molar-refractivity contribution in [2.75, 3.05) is 16.8 Å². The van der Waals surface area contributed by atoms with E-state index in [4.69, 9.17) is 11.6 Å². The largest absolute Gasteiger partial charge is 0.326 e. The summed E-state index contributed by atoms with van der Waals surface area (Å²) in [5.74, 6) is -0.695. The van der Waals surface area contributed by atoms with E-state index in [2.05, 4.69) is 10.3 Å². The highest BCUT2D eigenvalue weighted by Gasteiger charge is 2.35. The number of anilines is 2. The SMILES string of the molecule is O=C(Nc1ccc(-c2cn3ccsc3n2)cc1)[C@@H]1CC(=O)N(c2ccccc2Cl)C1. The molecule has 5 rings (SSSR count). The molecule has 0 unspecified atom stereocenters.